The van der Waals surface area contributed by atoms with E-state index < -0.39 is 28.5 Å². The summed E-state index contributed by atoms with van der Waals surface area (Å²) in [7, 11) is -3.89. The number of carbonyl (C=O) groups is 2. The first-order valence-electron chi connectivity index (χ1n) is 10.8. The Balaban J connectivity index is 1.35. The Kier molecular flexibility index (Phi) is 6.92. The molecule has 0 atom stereocenters. The fourth-order valence-electron chi connectivity index (χ4n) is 3.48. The van der Waals surface area contributed by atoms with E-state index in [9.17, 15) is 18.0 Å². The van der Waals surface area contributed by atoms with Gasteiger partial charge in [0.05, 0.1) is 10.5 Å². The van der Waals surface area contributed by atoms with E-state index in [0.29, 0.717) is 30.4 Å². The molecule has 1 amide bonds. The number of amides is 1. The minimum Gasteiger partial charge on any atom is -0.486 e. The van der Waals surface area contributed by atoms with Gasteiger partial charge in [0.15, 0.2) is 18.1 Å². The topological polar surface area (TPSA) is 120 Å². The van der Waals surface area contributed by atoms with E-state index in [1.165, 1.54) is 36.4 Å². The van der Waals surface area contributed by atoms with Crippen LogP contribution in [0, 0.1) is 13.8 Å². The van der Waals surface area contributed by atoms with Crippen LogP contribution in [-0.2, 0) is 19.6 Å². The number of sulfonamides is 1. The molecule has 0 bridgehead atoms. The van der Waals surface area contributed by atoms with Gasteiger partial charge in [-0.2, -0.15) is 0 Å². The highest BCUT2D eigenvalue weighted by atomic mass is 32.2. The summed E-state index contributed by atoms with van der Waals surface area (Å²) in [5.74, 6) is -0.318. The number of rotatable bonds is 7. The summed E-state index contributed by atoms with van der Waals surface area (Å²) in [4.78, 5) is 24.5. The maximum atomic E-state index is 12.7. The standard InChI is InChI=1S/C25H24N2O7S/c1-16-4-3-5-17(2)24(16)26-23(28)15-34-25(29)18-6-8-19(9-7-18)27-35(30,31)20-10-11-21-22(14-20)33-13-12-32-21/h3-11,14,27H,12-13,15H2,1-2H3,(H,26,28). The van der Waals surface area contributed by atoms with Crippen molar-refractivity contribution in [2.75, 3.05) is 29.9 Å². The van der Waals surface area contributed by atoms with Crippen molar-refractivity contribution in [2.45, 2.75) is 18.7 Å². The predicted octanol–water partition coefficient (Wildman–Crippen LogP) is 3.67. The quantitative estimate of drug-likeness (QED) is 0.479. The Labute approximate surface area is 203 Å². The summed E-state index contributed by atoms with van der Waals surface area (Å²) >= 11 is 0. The summed E-state index contributed by atoms with van der Waals surface area (Å²) in [6, 6.07) is 15.7. The van der Waals surface area contributed by atoms with Crippen LogP contribution in [0.25, 0.3) is 0 Å². The van der Waals surface area contributed by atoms with Crippen LogP contribution >= 0.6 is 0 Å². The number of hydrogen-bond donors (Lipinski definition) is 2. The van der Waals surface area contributed by atoms with E-state index in [4.69, 9.17) is 14.2 Å². The monoisotopic (exact) mass is 496 g/mol. The SMILES string of the molecule is Cc1cccc(C)c1NC(=O)COC(=O)c1ccc(NS(=O)(=O)c2ccc3c(c2)OCCO3)cc1. The van der Waals surface area contributed by atoms with Gasteiger partial charge < -0.3 is 19.5 Å². The molecule has 0 saturated heterocycles. The molecule has 0 aromatic heterocycles. The van der Waals surface area contributed by atoms with Crippen molar-refractivity contribution in [3.63, 3.8) is 0 Å². The van der Waals surface area contributed by atoms with E-state index in [2.05, 4.69) is 10.0 Å². The second kappa shape index (κ2) is 10.1. The van der Waals surface area contributed by atoms with Gasteiger partial charge in [0.1, 0.15) is 13.2 Å². The maximum Gasteiger partial charge on any atom is 0.338 e. The molecule has 10 heteroatoms. The zero-order chi connectivity index (χ0) is 25.0. The van der Waals surface area contributed by atoms with Crippen LogP contribution in [0.5, 0.6) is 11.5 Å². The second-order valence-corrected chi connectivity index (χ2v) is 9.56. The summed E-state index contributed by atoms with van der Waals surface area (Å²) in [5, 5.41) is 2.75. The van der Waals surface area contributed by atoms with Crippen LogP contribution in [-0.4, -0.2) is 40.1 Å². The molecule has 3 aromatic rings. The van der Waals surface area contributed by atoms with Crippen LogP contribution in [0.15, 0.2) is 65.6 Å². The fourth-order valence-corrected chi connectivity index (χ4v) is 4.55. The van der Waals surface area contributed by atoms with Crippen molar-refractivity contribution < 1.29 is 32.2 Å². The minimum atomic E-state index is -3.89. The van der Waals surface area contributed by atoms with Crippen molar-refractivity contribution in [1.29, 1.82) is 0 Å². The number of para-hydroxylation sites is 1. The molecule has 0 aliphatic carbocycles. The Bertz CT molecular complexity index is 1350. The number of benzene rings is 3. The van der Waals surface area contributed by atoms with Crippen molar-refractivity contribution >= 4 is 33.3 Å². The highest BCUT2D eigenvalue weighted by Gasteiger charge is 2.20. The van der Waals surface area contributed by atoms with Gasteiger partial charge in [0.25, 0.3) is 15.9 Å². The van der Waals surface area contributed by atoms with Gasteiger partial charge >= 0.3 is 5.97 Å². The van der Waals surface area contributed by atoms with E-state index >= 15 is 0 Å². The first-order valence-corrected chi connectivity index (χ1v) is 12.3. The summed E-state index contributed by atoms with van der Waals surface area (Å²) in [5.41, 5.74) is 2.91. The number of hydrogen-bond acceptors (Lipinski definition) is 7. The minimum absolute atomic E-state index is 0.0140. The first-order chi connectivity index (χ1) is 16.7. The molecular formula is C25H24N2O7S. The third-order valence-corrected chi connectivity index (χ3v) is 6.66. The Morgan fingerprint density at radius 1 is 0.914 bits per heavy atom. The predicted molar refractivity (Wildman–Crippen MR) is 130 cm³/mol. The van der Waals surface area contributed by atoms with Crippen molar-refractivity contribution in [3.05, 3.63) is 77.4 Å². The maximum absolute atomic E-state index is 12.7. The van der Waals surface area contributed by atoms with E-state index in [1.54, 1.807) is 6.07 Å². The second-order valence-electron chi connectivity index (χ2n) is 7.88. The van der Waals surface area contributed by atoms with Gasteiger partial charge in [0, 0.05) is 17.4 Å². The van der Waals surface area contributed by atoms with Gasteiger partial charge in [-0.1, -0.05) is 18.2 Å². The van der Waals surface area contributed by atoms with Gasteiger partial charge in [-0.25, -0.2) is 13.2 Å². The summed E-state index contributed by atoms with van der Waals surface area (Å²) in [6.07, 6.45) is 0. The highest BCUT2D eigenvalue weighted by Crippen LogP contribution is 2.32. The lowest BCUT2D eigenvalue weighted by molar-refractivity contribution is -0.119. The molecular weight excluding hydrogens is 472 g/mol. The number of fused-ring (bicyclic) bond motifs is 1. The Morgan fingerprint density at radius 3 is 2.26 bits per heavy atom. The number of anilines is 2. The molecule has 1 aliphatic rings. The number of esters is 1. The molecule has 0 saturated carbocycles. The molecule has 3 aromatic carbocycles. The molecule has 0 spiro atoms. The van der Waals surface area contributed by atoms with Crippen molar-refractivity contribution in [3.8, 4) is 11.5 Å². The van der Waals surface area contributed by atoms with Crippen molar-refractivity contribution in [1.82, 2.24) is 0 Å². The average molecular weight is 497 g/mol. The Hall–Kier alpha value is -4.05. The smallest absolute Gasteiger partial charge is 0.338 e. The molecule has 0 unspecified atom stereocenters. The highest BCUT2D eigenvalue weighted by molar-refractivity contribution is 7.92. The number of carbonyl (C=O) groups excluding carboxylic acids is 2. The fraction of sp³-hybridized carbons (Fsp3) is 0.200. The third-order valence-electron chi connectivity index (χ3n) is 5.28. The van der Waals surface area contributed by atoms with Crippen LogP contribution < -0.4 is 19.5 Å². The largest absolute Gasteiger partial charge is 0.486 e. The van der Waals surface area contributed by atoms with Crippen LogP contribution in [0.2, 0.25) is 0 Å². The molecule has 1 aliphatic heterocycles. The van der Waals surface area contributed by atoms with Crippen molar-refractivity contribution in [2.24, 2.45) is 0 Å². The lowest BCUT2D eigenvalue weighted by Crippen LogP contribution is -2.21. The normalized spacial score (nSPS) is 12.5. The van der Waals surface area contributed by atoms with Crippen LogP contribution in [0.3, 0.4) is 0 Å². The van der Waals surface area contributed by atoms with Gasteiger partial charge in [-0.05, 0) is 61.4 Å². The summed E-state index contributed by atoms with van der Waals surface area (Å²) < 4.78 is 43.9. The molecule has 35 heavy (non-hydrogen) atoms. The van der Waals surface area contributed by atoms with E-state index in [-0.39, 0.29) is 16.1 Å². The molecule has 0 fully saturated rings. The molecule has 1 heterocycles. The molecule has 4 rings (SSSR count). The third kappa shape index (κ3) is 5.72. The zero-order valence-electron chi connectivity index (χ0n) is 19.2. The summed E-state index contributed by atoms with van der Waals surface area (Å²) in [6.45, 7) is 4.04. The van der Waals surface area contributed by atoms with Crippen LogP contribution in [0.1, 0.15) is 21.5 Å². The Morgan fingerprint density at radius 2 is 1.57 bits per heavy atom. The zero-order valence-corrected chi connectivity index (χ0v) is 20.0. The van der Waals surface area contributed by atoms with Gasteiger partial charge in [-0.3, -0.25) is 9.52 Å². The lowest BCUT2D eigenvalue weighted by atomic mass is 10.1. The van der Waals surface area contributed by atoms with Gasteiger partial charge in [-0.15, -0.1) is 0 Å². The number of aryl methyl sites for hydroxylation is 2. The number of ether oxygens (including phenoxy) is 3. The molecule has 182 valence electrons. The van der Waals surface area contributed by atoms with E-state index in [1.807, 2.05) is 32.0 Å². The molecule has 0 radical (unpaired) electrons. The van der Waals surface area contributed by atoms with E-state index in [0.717, 1.165) is 11.1 Å². The first kappa shape index (κ1) is 24.1. The van der Waals surface area contributed by atoms with Crippen LogP contribution in [0.4, 0.5) is 11.4 Å². The molecule has 9 nitrogen and oxygen atoms in total. The number of nitrogens with one attached hydrogen (secondary N) is 2. The molecule has 2 N–H and O–H groups in total. The average Bonchev–Trinajstić information content (AvgIpc) is 2.85. The van der Waals surface area contributed by atoms with Gasteiger partial charge in [0.2, 0.25) is 0 Å². The lowest BCUT2D eigenvalue weighted by Gasteiger charge is -2.19.